The van der Waals surface area contributed by atoms with E-state index in [0.717, 1.165) is 30.6 Å². The number of carboxylic acid groups (broad SMARTS) is 2. The zero-order valence-electron chi connectivity index (χ0n) is 10.5. The molecule has 0 radical (unpaired) electrons. The normalized spacial score (nSPS) is 23.4. The fourth-order valence-corrected chi connectivity index (χ4v) is 2.30. The molecule has 0 aromatic rings. The van der Waals surface area contributed by atoms with Crippen molar-refractivity contribution in [3.8, 4) is 0 Å². The Bertz CT molecular complexity index is 317. The second-order valence-corrected chi connectivity index (χ2v) is 4.94. The lowest BCUT2D eigenvalue weighted by Gasteiger charge is -2.29. The van der Waals surface area contributed by atoms with Gasteiger partial charge in [0.1, 0.15) is 13.1 Å². The predicted octanol–water partition coefficient (Wildman–Crippen LogP) is 0.810. The van der Waals surface area contributed by atoms with Crippen molar-refractivity contribution in [2.45, 2.75) is 32.6 Å². The molecule has 0 aromatic heterocycles. The number of hydrogen-bond donors (Lipinski definition) is 2. The fraction of sp³-hybridized carbons (Fsp3) is 0.750. The number of carbonyl (C=O) groups is 3. The highest BCUT2D eigenvalue weighted by molar-refractivity contribution is 5.86. The molecule has 1 amide bonds. The smallest absolute Gasteiger partial charge is 0.323 e. The third kappa shape index (κ3) is 4.35. The van der Waals surface area contributed by atoms with E-state index in [4.69, 9.17) is 10.2 Å². The van der Waals surface area contributed by atoms with Gasteiger partial charge in [0.2, 0.25) is 5.91 Å². The maximum atomic E-state index is 12.1. The quantitative estimate of drug-likeness (QED) is 0.760. The summed E-state index contributed by atoms with van der Waals surface area (Å²) in [6.45, 7) is 1.03. The summed E-state index contributed by atoms with van der Waals surface area (Å²) in [7, 11) is 0. The van der Waals surface area contributed by atoms with E-state index >= 15 is 0 Å². The van der Waals surface area contributed by atoms with Crippen molar-refractivity contribution in [2.75, 3.05) is 13.1 Å². The molecule has 0 aromatic carbocycles. The molecule has 0 unspecified atom stereocenters. The Morgan fingerprint density at radius 2 is 1.44 bits per heavy atom. The second-order valence-electron chi connectivity index (χ2n) is 4.94. The summed E-state index contributed by atoms with van der Waals surface area (Å²) >= 11 is 0. The monoisotopic (exact) mass is 257 g/mol. The minimum atomic E-state index is -1.19. The molecule has 1 aliphatic rings. The number of amides is 1. The molecule has 1 fully saturated rings. The van der Waals surface area contributed by atoms with Gasteiger partial charge in [-0.05, 0) is 31.6 Å². The standard InChI is InChI=1S/C12H19NO5/c1-8-2-4-9(5-3-8)12(18)13(6-10(14)15)7-11(16)17/h8-9H,2-7H2,1H3,(H,14,15)(H,16,17). The molecule has 0 heterocycles. The van der Waals surface area contributed by atoms with Gasteiger partial charge >= 0.3 is 11.9 Å². The summed E-state index contributed by atoms with van der Waals surface area (Å²) in [4.78, 5) is 34.3. The van der Waals surface area contributed by atoms with Crippen LogP contribution in [0.5, 0.6) is 0 Å². The van der Waals surface area contributed by atoms with E-state index in [1.54, 1.807) is 0 Å². The lowest BCUT2D eigenvalue weighted by Crippen LogP contribution is -2.43. The maximum Gasteiger partial charge on any atom is 0.323 e. The first-order valence-corrected chi connectivity index (χ1v) is 6.12. The molecule has 0 bridgehead atoms. The summed E-state index contributed by atoms with van der Waals surface area (Å²) in [6.07, 6.45) is 3.31. The van der Waals surface area contributed by atoms with Crippen LogP contribution < -0.4 is 0 Å². The molecular formula is C12H19NO5. The number of carboxylic acids is 2. The second kappa shape index (κ2) is 6.37. The molecule has 2 N–H and O–H groups in total. The minimum absolute atomic E-state index is 0.222. The van der Waals surface area contributed by atoms with Crippen molar-refractivity contribution in [3.63, 3.8) is 0 Å². The molecule has 18 heavy (non-hydrogen) atoms. The molecule has 1 saturated carbocycles. The fourth-order valence-electron chi connectivity index (χ4n) is 2.30. The first kappa shape index (κ1) is 14.5. The van der Waals surface area contributed by atoms with Crippen LogP contribution in [0.15, 0.2) is 0 Å². The van der Waals surface area contributed by atoms with Gasteiger partial charge in [-0.2, -0.15) is 0 Å². The first-order chi connectivity index (χ1) is 8.40. The average molecular weight is 257 g/mol. The Morgan fingerprint density at radius 3 is 1.83 bits per heavy atom. The molecule has 6 heteroatoms. The average Bonchev–Trinajstić information content (AvgIpc) is 2.27. The Morgan fingerprint density at radius 1 is 1.00 bits per heavy atom. The van der Waals surface area contributed by atoms with Gasteiger partial charge in [0.25, 0.3) is 0 Å². The maximum absolute atomic E-state index is 12.1. The number of carbonyl (C=O) groups excluding carboxylic acids is 1. The van der Waals surface area contributed by atoms with Crippen LogP contribution in [0.2, 0.25) is 0 Å². The summed E-state index contributed by atoms with van der Waals surface area (Å²) in [6, 6.07) is 0. The molecule has 0 atom stereocenters. The summed E-state index contributed by atoms with van der Waals surface area (Å²) < 4.78 is 0. The highest BCUT2D eigenvalue weighted by Crippen LogP contribution is 2.29. The molecular weight excluding hydrogens is 238 g/mol. The van der Waals surface area contributed by atoms with E-state index in [1.807, 2.05) is 0 Å². The molecule has 0 saturated heterocycles. The van der Waals surface area contributed by atoms with Gasteiger partial charge in [-0.15, -0.1) is 0 Å². The van der Waals surface area contributed by atoms with Crippen LogP contribution in [0.1, 0.15) is 32.6 Å². The highest BCUT2D eigenvalue weighted by atomic mass is 16.4. The molecule has 102 valence electrons. The van der Waals surface area contributed by atoms with Gasteiger partial charge in [-0.1, -0.05) is 6.92 Å². The summed E-state index contributed by atoms with van der Waals surface area (Å²) in [5.41, 5.74) is 0. The third-order valence-corrected chi connectivity index (χ3v) is 3.33. The lowest BCUT2D eigenvalue weighted by atomic mass is 9.82. The van der Waals surface area contributed by atoms with Crippen molar-refractivity contribution < 1.29 is 24.6 Å². The Balaban J connectivity index is 2.63. The van der Waals surface area contributed by atoms with E-state index in [0.29, 0.717) is 5.92 Å². The van der Waals surface area contributed by atoms with Crippen molar-refractivity contribution in [1.82, 2.24) is 4.90 Å². The molecule has 1 aliphatic carbocycles. The van der Waals surface area contributed by atoms with E-state index in [1.165, 1.54) is 0 Å². The van der Waals surface area contributed by atoms with Crippen LogP contribution in [-0.4, -0.2) is 46.0 Å². The van der Waals surface area contributed by atoms with Crippen molar-refractivity contribution >= 4 is 17.8 Å². The number of nitrogens with zero attached hydrogens (tertiary/aromatic N) is 1. The Hall–Kier alpha value is -1.59. The predicted molar refractivity (Wildman–Crippen MR) is 63.0 cm³/mol. The van der Waals surface area contributed by atoms with E-state index < -0.39 is 25.0 Å². The minimum Gasteiger partial charge on any atom is -0.480 e. The van der Waals surface area contributed by atoms with Crippen LogP contribution in [0.25, 0.3) is 0 Å². The molecule has 1 rings (SSSR count). The largest absolute Gasteiger partial charge is 0.480 e. The van der Waals surface area contributed by atoms with Gasteiger partial charge < -0.3 is 15.1 Å². The Kier molecular flexibility index (Phi) is 5.12. The molecule has 0 aliphatic heterocycles. The lowest BCUT2D eigenvalue weighted by molar-refractivity contribution is -0.151. The molecule has 6 nitrogen and oxygen atoms in total. The third-order valence-electron chi connectivity index (χ3n) is 3.33. The molecule has 0 spiro atoms. The van der Waals surface area contributed by atoms with Gasteiger partial charge in [0, 0.05) is 5.92 Å². The highest BCUT2D eigenvalue weighted by Gasteiger charge is 2.29. The zero-order valence-corrected chi connectivity index (χ0v) is 10.5. The van der Waals surface area contributed by atoms with Gasteiger partial charge in [0.05, 0.1) is 0 Å². The van der Waals surface area contributed by atoms with E-state index in [-0.39, 0.29) is 11.8 Å². The van der Waals surface area contributed by atoms with E-state index in [9.17, 15) is 14.4 Å². The summed E-state index contributed by atoms with van der Waals surface area (Å²) in [5.74, 6) is -2.35. The Labute approximate surface area is 106 Å². The zero-order chi connectivity index (χ0) is 13.7. The van der Waals surface area contributed by atoms with Crippen LogP contribution in [0.3, 0.4) is 0 Å². The van der Waals surface area contributed by atoms with Crippen molar-refractivity contribution in [3.05, 3.63) is 0 Å². The van der Waals surface area contributed by atoms with Gasteiger partial charge in [-0.25, -0.2) is 0 Å². The van der Waals surface area contributed by atoms with Crippen molar-refractivity contribution in [1.29, 1.82) is 0 Å². The van der Waals surface area contributed by atoms with Crippen LogP contribution in [0, 0.1) is 11.8 Å². The van der Waals surface area contributed by atoms with Crippen LogP contribution >= 0.6 is 0 Å². The number of rotatable bonds is 5. The SMILES string of the molecule is CC1CCC(C(=O)N(CC(=O)O)CC(=O)O)CC1. The first-order valence-electron chi connectivity index (χ1n) is 6.12. The van der Waals surface area contributed by atoms with Gasteiger partial charge in [-0.3, -0.25) is 14.4 Å². The number of aliphatic carboxylic acids is 2. The van der Waals surface area contributed by atoms with Crippen molar-refractivity contribution in [2.24, 2.45) is 11.8 Å². The number of hydrogen-bond acceptors (Lipinski definition) is 3. The summed E-state index contributed by atoms with van der Waals surface area (Å²) in [5, 5.41) is 17.4. The van der Waals surface area contributed by atoms with E-state index in [2.05, 4.69) is 6.92 Å². The van der Waals surface area contributed by atoms with Crippen LogP contribution in [-0.2, 0) is 14.4 Å². The van der Waals surface area contributed by atoms with Crippen LogP contribution in [0.4, 0.5) is 0 Å². The van der Waals surface area contributed by atoms with Gasteiger partial charge in [0.15, 0.2) is 0 Å². The topological polar surface area (TPSA) is 94.9 Å².